The molecule has 3 aromatic rings. The number of nitrogens with two attached hydrogens (primary N) is 1. The van der Waals surface area contributed by atoms with Crippen molar-refractivity contribution in [2.45, 2.75) is 26.9 Å². The summed E-state index contributed by atoms with van der Waals surface area (Å²) in [5, 5.41) is 6.11. The molecule has 0 aliphatic rings. The largest absolute Gasteiger partial charge is 0.445 e. The summed E-state index contributed by atoms with van der Waals surface area (Å²) >= 11 is 0. The number of rotatable bonds is 7. The molecule has 0 unspecified atom stereocenters. The van der Waals surface area contributed by atoms with E-state index in [4.69, 9.17) is 10.5 Å². The standard InChI is InChI=1S/C23H26N4O2/c1-16-14-21(22(24)17(2)26-16)27-20-10-8-18(9-11-20)12-13-25-23(28)29-15-19-6-4-3-5-7-19/h3-11,14H,12-13,15,24H2,1-2H3,(H,25,28)(H,26,27). The Bertz CT molecular complexity index is 957. The third-order valence-electron chi connectivity index (χ3n) is 4.51. The highest BCUT2D eigenvalue weighted by atomic mass is 16.5. The van der Waals surface area contributed by atoms with Crippen molar-refractivity contribution in [3.05, 3.63) is 83.2 Å². The number of aromatic nitrogens is 1. The van der Waals surface area contributed by atoms with Gasteiger partial charge in [0.2, 0.25) is 0 Å². The van der Waals surface area contributed by atoms with Crippen molar-refractivity contribution < 1.29 is 9.53 Å². The van der Waals surface area contributed by atoms with Crippen LogP contribution in [0.3, 0.4) is 0 Å². The van der Waals surface area contributed by atoms with Crippen molar-refractivity contribution in [3.63, 3.8) is 0 Å². The van der Waals surface area contributed by atoms with Crippen LogP contribution in [0.5, 0.6) is 0 Å². The van der Waals surface area contributed by atoms with Gasteiger partial charge in [-0.2, -0.15) is 0 Å². The van der Waals surface area contributed by atoms with E-state index in [1.807, 2.05) is 74.5 Å². The van der Waals surface area contributed by atoms with Gasteiger partial charge in [0.05, 0.1) is 17.1 Å². The van der Waals surface area contributed by atoms with Crippen LogP contribution < -0.4 is 16.4 Å². The molecule has 4 N–H and O–H groups in total. The number of pyridine rings is 1. The van der Waals surface area contributed by atoms with Crippen molar-refractivity contribution >= 4 is 23.2 Å². The summed E-state index contributed by atoms with van der Waals surface area (Å²) in [7, 11) is 0. The van der Waals surface area contributed by atoms with E-state index in [-0.39, 0.29) is 6.61 Å². The van der Waals surface area contributed by atoms with Crippen LogP contribution in [0.25, 0.3) is 0 Å². The minimum Gasteiger partial charge on any atom is -0.445 e. The van der Waals surface area contributed by atoms with E-state index in [9.17, 15) is 4.79 Å². The topological polar surface area (TPSA) is 89.3 Å². The van der Waals surface area contributed by atoms with Gasteiger partial charge in [-0.3, -0.25) is 4.98 Å². The number of alkyl carbamates (subject to hydrolysis) is 1. The van der Waals surface area contributed by atoms with Crippen LogP contribution in [-0.4, -0.2) is 17.6 Å². The predicted octanol–water partition coefficient (Wildman–Crippen LogP) is 4.49. The lowest BCUT2D eigenvalue weighted by Gasteiger charge is -2.12. The maximum atomic E-state index is 11.8. The summed E-state index contributed by atoms with van der Waals surface area (Å²) in [6, 6.07) is 19.6. The SMILES string of the molecule is Cc1cc(Nc2ccc(CCNC(=O)OCc3ccccc3)cc2)c(N)c(C)n1. The van der Waals surface area contributed by atoms with E-state index >= 15 is 0 Å². The van der Waals surface area contributed by atoms with Crippen molar-refractivity contribution in [1.82, 2.24) is 10.3 Å². The number of ether oxygens (including phenoxy) is 1. The Morgan fingerprint density at radius 3 is 2.48 bits per heavy atom. The molecule has 1 amide bonds. The molecule has 0 aliphatic heterocycles. The molecular weight excluding hydrogens is 364 g/mol. The van der Waals surface area contributed by atoms with Crippen molar-refractivity contribution in [3.8, 4) is 0 Å². The first kappa shape index (κ1) is 20.2. The number of amides is 1. The molecule has 0 spiro atoms. The lowest BCUT2D eigenvalue weighted by Crippen LogP contribution is -2.26. The van der Waals surface area contributed by atoms with E-state index in [2.05, 4.69) is 15.6 Å². The zero-order valence-electron chi connectivity index (χ0n) is 16.7. The Morgan fingerprint density at radius 2 is 1.76 bits per heavy atom. The second-order valence-corrected chi connectivity index (χ2v) is 6.87. The van der Waals surface area contributed by atoms with Gasteiger partial charge in [-0.05, 0) is 49.6 Å². The molecule has 0 radical (unpaired) electrons. The van der Waals surface area contributed by atoms with Crippen LogP contribution in [-0.2, 0) is 17.8 Å². The van der Waals surface area contributed by atoms with Crippen LogP contribution in [0.2, 0.25) is 0 Å². The lowest BCUT2D eigenvalue weighted by atomic mass is 10.1. The van der Waals surface area contributed by atoms with E-state index in [0.29, 0.717) is 12.2 Å². The number of hydrogen-bond acceptors (Lipinski definition) is 5. The van der Waals surface area contributed by atoms with Gasteiger partial charge >= 0.3 is 6.09 Å². The van der Waals surface area contributed by atoms with Gasteiger partial charge in [-0.25, -0.2) is 4.79 Å². The highest BCUT2D eigenvalue weighted by Gasteiger charge is 2.06. The van der Waals surface area contributed by atoms with E-state index < -0.39 is 6.09 Å². The van der Waals surface area contributed by atoms with Gasteiger partial charge in [-0.1, -0.05) is 42.5 Å². The number of nitrogens with zero attached hydrogens (tertiary/aromatic N) is 1. The van der Waals surface area contributed by atoms with Gasteiger partial charge in [0.1, 0.15) is 6.61 Å². The average molecular weight is 390 g/mol. The second-order valence-electron chi connectivity index (χ2n) is 6.87. The summed E-state index contributed by atoms with van der Waals surface area (Å²) in [6.45, 7) is 4.62. The number of nitrogen functional groups attached to an aromatic ring is 1. The average Bonchev–Trinajstić information content (AvgIpc) is 2.72. The molecule has 6 nitrogen and oxygen atoms in total. The molecule has 6 heteroatoms. The van der Waals surface area contributed by atoms with E-state index in [1.165, 1.54) is 0 Å². The van der Waals surface area contributed by atoms with Crippen LogP contribution in [0.15, 0.2) is 60.7 Å². The summed E-state index contributed by atoms with van der Waals surface area (Å²) in [5.74, 6) is 0. The van der Waals surface area contributed by atoms with Crippen LogP contribution >= 0.6 is 0 Å². The molecule has 29 heavy (non-hydrogen) atoms. The molecule has 0 atom stereocenters. The normalized spacial score (nSPS) is 10.4. The summed E-state index contributed by atoms with van der Waals surface area (Å²) < 4.78 is 5.20. The number of carbonyl (C=O) groups is 1. The highest BCUT2D eigenvalue weighted by molar-refractivity contribution is 5.74. The fraction of sp³-hybridized carbons (Fsp3) is 0.217. The van der Waals surface area contributed by atoms with Gasteiger partial charge < -0.3 is 21.1 Å². The fourth-order valence-corrected chi connectivity index (χ4v) is 2.94. The van der Waals surface area contributed by atoms with Crippen LogP contribution in [0.1, 0.15) is 22.5 Å². The third-order valence-corrected chi connectivity index (χ3v) is 4.51. The monoisotopic (exact) mass is 390 g/mol. The van der Waals surface area contributed by atoms with Crippen LogP contribution in [0.4, 0.5) is 21.9 Å². The number of hydrogen-bond donors (Lipinski definition) is 3. The zero-order chi connectivity index (χ0) is 20.6. The van der Waals surface area contributed by atoms with Gasteiger partial charge in [-0.15, -0.1) is 0 Å². The quantitative estimate of drug-likeness (QED) is 0.553. The summed E-state index contributed by atoms with van der Waals surface area (Å²) in [4.78, 5) is 16.1. The number of aryl methyl sites for hydroxylation is 2. The molecule has 0 saturated carbocycles. The Labute approximate surface area is 171 Å². The smallest absolute Gasteiger partial charge is 0.407 e. The molecule has 1 heterocycles. The first-order valence-electron chi connectivity index (χ1n) is 9.55. The van der Waals surface area contributed by atoms with Gasteiger partial charge in [0, 0.05) is 17.9 Å². The molecule has 0 bridgehead atoms. The Hall–Kier alpha value is -3.54. The molecule has 1 aromatic heterocycles. The Balaban J connectivity index is 1.45. The molecular formula is C23H26N4O2. The maximum Gasteiger partial charge on any atom is 0.407 e. The number of anilines is 3. The first-order valence-corrected chi connectivity index (χ1v) is 9.55. The van der Waals surface area contributed by atoms with Crippen molar-refractivity contribution in [2.75, 3.05) is 17.6 Å². The molecule has 150 valence electrons. The molecule has 0 saturated heterocycles. The van der Waals surface area contributed by atoms with Crippen molar-refractivity contribution in [1.29, 1.82) is 0 Å². The lowest BCUT2D eigenvalue weighted by molar-refractivity contribution is 0.140. The number of benzene rings is 2. The number of nitrogens with one attached hydrogen (secondary N) is 2. The molecule has 3 rings (SSSR count). The molecule has 0 fully saturated rings. The molecule has 0 aliphatic carbocycles. The van der Waals surface area contributed by atoms with Crippen LogP contribution in [0, 0.1) is 13.8 Å². The van der Waals surface area contributed by atoms with Crippen molar-refractivity contribution in [2.24, 2.45) is 0 Å². The first-order chi connectivity index (χ1) is 14.0. The second kappa shape index (κ2) is 9.59. The highest BCUT2D eigenvalue weighted by Crippen LogP contribution is 2.26. The third kappa shape index (κ3) is 5.97. The van der Waals surface area contributed by atoms with Gasteiger partial charge in [0.15, 0.2) is 0 Å². The van der Waals surface area contributed by atoms with Gasteiger partial charge in [0.25, 0.3) is 0 Å². The summed E-state index contributed by atoms with van der Waals surface area (Å²) in [5.41, 5.74) is 12.4. The zero-order valence-corrected chi connectivity index (χ0v) is 16.7. The summed E-state index contributed by atoms with van der Waals surface area (Å²) in [6.07, 6.45) is 0.308. The fourth-order valence-electron chi connectivity index (χ4n) is 2.94. The molecule has 2 aromatic carbocycles. The Kier molecular flexibility index (Phi) is 6.68. The predicted molar refractivity (Wildman–Crippen MR) is 116 cm³/mol. The maximum absolute atomic E-state index is 11.8. The number of carbonyl (C=O) groups excluding carboxylic acids is 1. The van der Waals surface area contributed by atoms with E-state index in [1.54, 1.807) is 0 Å². The minimum atomic E-state index is -0.411. The Morgan fingerprint density at radius 1 is 1.03 bits per heavy atom. The minimum absolute atomic E-state index is 0.268. The van der Waals surface area contributed by atoms with E-state index in [0.717, 1.165) is 40.3 Å².